The van der Waals surface area contributed by atoms with E-state index in [1.54, 1.807) is 0 Å². The molecular formula is C6H8Cl6F6Si2. The van der Waals surface area contributed by atoms with E-state index < -0.39 is 37.2 Å². The Labute approximate surface area is 141 Å². The van der Waals surface area contributed by atoms with Crippen molar-refractivity contribution in [1.29, 1.82) is 0 Å². The molecule has 0 fully saturated rings. The summed E-state index contributed by atoms with van der Waals surface area (Å²) in [5.74, 6) is 0. The summed E-state index contributed by atoms with van der Waals surface area (Å²) in [4.78, 5) is 0. The summed E-state index contributed by atoms with van der Waals surface area (Å²) < 4.78 is 68.6. The highest BCUT2D eigenvalue weighted by atomic mass is 35.8. The Bertz CT molecular complexity index is 213. The van der Waals surface area contributed by atoms with Crippen LogP contribution in [0.2, 0.25) is 12.1 Å². The maximum absolute atomic E-state index is 11.4. The Morgan fingerprint density at radius 2 is 0.750 bits per heavy atom. The molecule has 0 N–H and O–H groups in total. The minimum absolute atomic E-state index is 0.360. The molecule has 0 aromatic rings. The lowest BCUT2D eigenvalue weighted by Crippen LogP contribution is -2.15. The number of alkyl halides is 6. The maximum atomic E-state index is 11.4. The van der Waals surface area contributed by atoms with Crippen LogP contribution in [0.15, 0.2) is 0 Å². The molecule has 0 aromatic carbocycles. The molecule has 0 aliphatic heterocycles. The van der Waals surface area contributed by atoms with Crippen molar-refractivity contribution >= 4 is 78.5 Å². The van der Waals surface area contributed by atoms with E-state index in [1.165, 1.54) is 0 Å². The molecule has 0 nitrogen and oxygen atoms in total. The highest BCUT2D eigenvalue weighted by Gasteiger charge is 2.35. The molecule has 0 aromatic heterocycles. The van der Waals surface area contributed by atoms with Gasteiger partial charge in [-0.2, -0.15) is 26.3 Å². The van der Waals surface area contributed by atoms with Crippen molar-refractivity contribution in [2.75, 3.05) is 0 Å². The molecule has 0 aliphatic carbocycles. The molecule has 0 saturated carbocycles. The van der Waals surface area contributed by atoms with Gasteiger partial charge in [0.2, 0.25) is 0 Å². The molecule has 0 spiro atoms. The van der Waals surface area contributed by atoms with Crippen molar-refractivity contribution < 1.29 is 26.3 Å². The first-order valence-corrected chi connectivity index (χ1v) is 15.2. The second kappa shape index (κ2) is 9.15. The van der Waals surface area contributed by atoms with Crippen molar-refractivity contribution in [2.45, 2.75) is 37.3 Å². The van der Waals surface area contributed by atoms with Gasteiger partial charge in [0.1, 0.15) is 0 Å². The smallest absolute Gasteiger partial charge is 0.171 e. The second-order valence-corrected chi connectivity index (χ2v) is 22.0. The van der Waals surface area contributed by atoms with Gasteiger partial charge in [0.05, 0.1) is 0 Å². The molecule has 0 unspecified atom stereocenters. The van der Waals surface area contributed by atoms with Crippen molar-refractivity contribution in [3.63, 3.8) is 0 Å². The molecule has 124 valence electrons. The highest BCUT2D eigenvalue weighted by molar-refractivity contribution is 7.65. The molecule has 0 atom stereocenters. The van der Waals surface area contributed by atoms with Crippen molar-refractivity contribution in [3.8, 4) is 0 Å². The van der Waals surface area contributed by atoms with E-state index in [-0.39, 0.29) is 12.1 Å². The van der Waals surface area contributed by atoms with Crippen LogP contribution < -0.4 is 0 Å². The highest BCUT2D eigenvalue weighted by Crippen LogP contribution is 2.33. The molecular weight excluding hydrogens is 455 g/mol. The first kappa shape index (κ1) is 24.0. The third-order valence-electron chi connectivity index (χ3n) is 1.38. The van der Waals surface area contributed by atoms with E-state index in [0.29, 0.717) is 0 Å². The molecule has 0 rings (SSSR count). The number of rotatable bonds is 4. The standard InChI is InChI=1S/2C3H4Cl3F3Si/c2*4-10(5,6)2-1-3(7,8)9/h2*1-2H2. The maximum Gasteiger partial charge on any atom is 0.388 e. The molecule has 20 heavy (non-hydrogen) atoms. The van der Waals surface area contributed by atoms with Crippen molar-refractivity contribution in [2.24, 2.45) is 0 Å². The molecule has 0 saturated heterocycles. The van der Waals surface area contributed by atoms with E-state index in [1.807, 2.05) is 0 Å². The van der Waals surface area contributed by atoms with Gasteiger partial charge in [0.25, 0.3) is 0 Å². The molecule has 0 amide bonds. The largest absolute Gasteiger partial charge is 0.388 e. The molecule has 0 heterocycles. The van der Waals surface area contributed by atoms with Gasteiger partial charge in [-0.25, -0.2) is 0 Å². The summed E-state index contributed by atoms with van der Waals surface area (Å²) in [6.45, 7) is 0. The second-order valence-electron chi connectivity index (χ2n) is 3.46. The zero-order valence-electron chi connectivity index (χ0n) is 9.36. The predicted octanol–water partition coefficient (Wildman–Crippen LogP) is 7.19. The fourth-order valence-corrected chi connectivity index (χ4v) is 3.40. The third-order valence-corrected chi connectivity index (χ3v) is 6.42. The van der Waals surface area contributed by atoms with E-state index in [0.717, 1.165) is 0 Å². The van der Waals surface area contributed by atoms with Gasteiger partial charge >= 0.3 is 24.4 Å². The van der Waals surface area contributed by atoms with Crippen molar-refractivity contribution in [1.82, 2.24) is 0 Å². The van der Waals surface area contributed by atoms with Crippen LogP contribution in [-0.4, -0.2) is 24.4 Å². The first-order valence-electron chi connectivity index (χ1n) is 4.68. The fraction of sp³-hybridized carbons (Fsp3) is 1.00. The van der Waals surface area contributed by atoms with Crippen LogP contribution in [0.4, 0.5) is 26.3 Å². The minimum Gasteiger partial charge on any atom is -0.171 e. The Balaban J connectivity index is 0. The quantitative estimate of drug-likeness (QED) is 0.235. The lowest BCUT2D eigenvalue weighted by molar-refractivity contribution is -0.131. The summed E-state index contributed by atoms with van der Waals surface area (Å²) in [5.41, 5.74) is 0. The van der Waals surface area contributed by atoms with Gasteiger partial charge in [0, 0.05) is 12.8 Å². The first-order chi connectivity index (χ1) is 8.41. The lowest BCUT2D eigenvalue weighted by Gasteiger charge is -2.09. The van der Waals surface area contributed by atoms with E-state index >= 15 is 0 Å². The van der Waals surface area contributed by atoms with Crippen LogP contribution in [-0.2, 0) is 0 Å². The van der Waals surface area contributed by atoms with Crippen LogP contribution in [0.3, 0.4) is 0 Å². The number of halogens is 12. The Hall–Kier alpha value is 1.75. The molecule has 0 aliphatic rings. The Kier molecular flexibility index (Phi) is 11.0. The predicted molar refractivity (Wildman–Crippen MR) is 77.6 cm³/mol. The summed E-state index contributed by atoms with van der Waals surface area (Å²) >= 11 is 31.3. The number of hydrogen-bond donors (Lipinski definition) is 0. The zero-order valence-corrected chi connectivity index (χ0v) is 15.9. The summed E-state index contributed by atoms with van der Waals surface area (Å²) in [5, 5.41) is 0. The topological polar surface area (TPSA) is 0 Å². The van der Waals surface area contributed by atoms with Gasteiger partial charge in [0.15, 0.2) is 0 Å². The number of hydrogen-bond acceptors (Lipinski definition) is 0. The average Bonchev–Trinajstić information content (AvgIpc) is 2.09. The van der Waals surface area contributed by atoms with Crippen molar-refractivity contribution in [3.05, 3.63) is 0 Å². The van der Waals surface area contributed by atoms with E-state index in [4.69, 9.17) is 66.5 Å². The third kappa shape index (κ3) is 28.0. The summed E-state index contributed by atoms with van der Waals surface area (Å²) in [6, 6.07) is -6.86. The fourth-order valence-electron chi connectivity index (χ4n) is 0.567. The lowest BCUT2D eigenvalue weighted by atomic mass is 10.5. The molecule has 0 radical (unpaired) electrons. The minimum atomic E-state index is -4.21. The Morgan fingerprint density at radius 1 is 0.550 bits per heavy atom. The zero-order chi connectivity index (χ0) is 16.8. The SMILES string of the molecule is FC(F)(F)CC[Si](Cl)(Cl)Cl.FC(F)(F)CC[Si](Cl)(Cl)Cl. The molecule has 0 bridgehead atoms. The van der Waals surface area contributed by atoms with Crippen LogP contribution in [0.1, 0.15) is 12.8 Å². The summed E-state index contributed by atoms with van der Waals surface area (Å²) in [7, 11) is 0. The normalized spacial score (nSPS) is 13.8. The van der Waals surface area contributed by atoms with Crippen LogP contribution in [0.5, 0.6) is 0 Å². The summed E-state index contributed by atoms with van der Waals surface area (Å²) in [6.07, 6.45) is -10.4. The van der Waals surface area contributed by atoms with E-state index in [2.05, 4.69) is 0 Å². The van der Waals surface area contributed by atoms with Crippen LogP contribution >= 0.6 is 66.5 Å². The van der Waals surface area contributed by atoms with E-state index in [9.17, 15) is 26.3 Å². The van der Waals surface area contributed by atoms with Gasteiger partial charge < -0.3 is 0 Å². The van der Waals surface area contributed by atoms with Gasteiger partial charge in [-0.15, -0.1) is 66.5 Å². The average molecular weight is 463 g/mol. The van der Waals surface area contributed by atoms with Crippen LogP contribution in [0.25, 0.3) is 0 Å². The monoisotopic (exact) mass is 460 g/mol. The van der Waals surface area contributed by atoms with Gasteiger partial charge in [-0.1, -0.05) is 0 Å². The Morgan fingerprint density at radius 3 is 0.800 bits per heavy atom. The van der Waals surface area contributed by atoms with Crippen LogP contribution in [0, 0.1) is 0 Å². The van der Waals surface area contributed by atoms with Gasteiger partial charge in [-0.3, -0.25) is 0 Å². The molecule has 14 heteroatoms. The van der Waals surface area contributed by atoms with Gasteiger partial charge in [-0.05, 0) is 12.1 Å².